The van der Waals surface area contributed by atoms with Crippen molar-refractivity contribution in [1.82, 2.24) is 5.32 Å². The Morgan fingerprint density at radius 2 is 2.06 bits per heavy atom. The van der Waals surface area contributed by atoms with E-state index in [9.17, 15) is 0 Å². The fourth-order valence-corrected chi connectivity index (χ4v) is 2.50. The molecular weight excluding hydrogens is 198 g/mol. The predicted octanol–water partition coefficient (Wildman–Crippen LogP) is 2.16. The quantitative estimate of drug-likeness (QED) is 0.838. The summed E-state index contributed by atoms with van der Waals surface area (Å²) in [5, 5.41) is 3.30. The van der Waals surface area contributed by atoms with Gasteiger partial charge in [0.1, 0.15) is 0 Å². The van der Waals surface area contributed by atoms with Crippen LogP contribution < -0.4 is 5.32 Å². The van der Waals surface area contributed by atoms with E-state index in [4.69, 9.17) is 4.74 Å². The average molecular weight is 219 g/mol. The molecule has 0 spiro atoms. The molecular formula is C14H21NO. The number of hydrogen-bond acceptors (Lipinski definition) is 2. The third-order valence-corrected chi connectivity index (χ3v) is 3.44. The maximum Gasteiger partial charge on any atom is 0.0538 e. The van der Waals surface area contributed by atoms with E-state index in [0.717, 1.165) is 26.2 Å². The Morgan fingerprint density at radius 3 is 2.62 bits per heavy atom. The summed E-state index contributed by atoms with van der Waals surface area (Å²) >= 11 is 0. The summed E-state index contributed by atoms with van der Waals surface area (Å²) in [5.41, 5.74) is 3.06. The van der Waals surface area contributed by atoms with E-state index in [1.807, 2.05) is 7.05 Å². The molecule has 0 amide bonds. The van der Waals surface area contributed by atoms with Crippen LogP contribution in [0.5, 0.6) is 0 Å². The van der Waals surface area contributed by atoms with Crippen molar-refractivity contribution in [2.24, 2.45) is 5.41 Å². The van der Waals surface area contributed by atoms with Crippen molar-refractivity contribution in [3.8, 4) is 0 Å². The topological polar surface area (TPSA) is 21.3 Å². The first-order chi connectivity index (χ1) is 7.74. The van der Waals surface area contributed by atoms with E-state index in [0.29, 0.717) is 5.41 Å². The third-order valence-electron chi connectivity index (χ3n) is 3.44. The molecule has 0 radical (unpaired) electrons. The Labute approximate surface area is 98.0 Å². The SMILES string of the molecule is CNCC1(Cc2ccc(C)cc2)CCOC1. The highest BCUT2D eigenvalue weighted by molar-refractivity contribution is 5.22. The number of ether oxygens (including phenoxy) is 1. The molecule has 0 saturated carbocycles. The second-order valence-corrected chi connectivity index (χ2v) is 5.00. The van der Waals surface area contributed by atoms with Gasteiger partial charge in [-0.15, -0.1) is 0 Å². The zero-order valence-corrected chi connectivity index (χ0v) is 10.3. The predicted molar refractivity (Wildman–Crippen MR) is 66.7 cm³/mol. The van der Waals surface area contributed by atoms with Crippen molar-refractivity contribution >= 4 is 0 Å². The highest BCUT2D eigenvalue weighted by atomic mass is 16.5. The van der Waals surface area contributed by atoms with Crippen LogP contribution in [0.2, 0.25) is 0 Å². The fraction of sp³-hybridized carbons (Fsp3) is 0.571. The van der Waals surface area contributed by atoms with Crippen molar-refractivity contribution in [3.05, 3.63) is 35.4 Å². The monoisotopic (exact) mass is 219 g/mol. The van der Waals surface area contributed by atoms with Gasteiger partial charge in [0.05, 0.1) is 6.61 Å². The summed E-state index contributed by atoms with van der Waals surface area (Å²) < 4.78 is 5.57. The van der Waals surface area contributed by atoms with Gasteiger partial charge >= 0.3 is 0 Å². The molecule has 1 aromatic carbocycles. The van der Waals surface area contributed by atoms with Crippen LogP contribution in [0.15, 0.2) is 24.3 Å². The second-order valence-electron chi connectivity index (χ2n) is 5.00. The number of aryl methyl sites for hydroxylation is 1. The maximum absolute atomic E-state index is 5.57. The van der Waals surface area contributed by atoms with Crippen molar-refractivity contribution in [2.45, 2.75) is 19.8 Å². The van der Waals surface area contributed by atoms with Gasteiger partial charge in [0, 0.05) is 18.6 Å². The molecule has 0 bridgehead atoms. The minimum Gasteiger partial charge on any atom is -0.381 e. The van der Waals surface area contributed by atoms with Gasteiger partial charge in [0.2, 0.25) is 0 Å². The lowest BCUT2D eigenvalue weighted by atomic mass is 9.81. The minimum atomic E-state index is 0.310. The lowest BCUT2D eigenvalue weighted by Gasteiger charge is -2.27. The first-order valence-electron chi connectivity index (χ1n) is 6.02. The largest absolute Gasteiger partial charge is 0.381 e. The molecule has 1 aliphatic heterocycles. The first-order valence-corrected chi connectivity index (χ1v) is 6.02. The van der Waals surface area contributed by atoms with Gasteiger partial charge in [0.25, 0.3) is 0 Å². The molecule has 2 rings (SSSR count). The van der Waals surface area contributed by atoms with Crippen LogP contribution in [0.4, 0.5) is 0 Å². The number of nitrogens with one attached hydrogen (secondary N) is 1. The Balaban J connectivity index is 2.08. The summed E-state index contributed by atoms with van der Waals surface area (Å²) in [4.78, 5) is 0. The molecule has 0 aromatic heterocycles. The standard InChI is InChI=1S/C14H21NO/c1-12-3-5-13(6-4-12)9-14(10-15-2)7-8-16-11-14/h3-6,15H,7-11H2,1-2H3. The second kappa shape index (κ2) is 4.98. The van der Waals surface area contributed by atoms with E-state index in [1.54, 1.807) is 0 Å². The third kappa shape index (κ3) is 2.63. The van der Waals surface area contributed by atoms with Crippen molar-refractivity contribution in [1.29, 1.82) is 0 Å². The van der Waals surface area contributed by atoms with Gasteiger partial charge in [-0.25, -0.2) is 0 Å². The highest BCUT2D eigenvalue weighted by Crippen LogP contribution is 2.32. The molecule has 2 nitrogen and oxygen atoms in total. The zero-order chi connectivity index (χ0) is 11.4. The van der Waals surface area contributed by atoms with Crippen molar-refractivity contribution < 1.29 is 4.74 Å². The number of rotatable bonds is 4. The van der Waals surface area contributed by atoms with Crippen LogP contribution in [-0.2, 0) is 11.2 Å². The van der Waals surface area contributed by atoms with E-state index in [-0.39, 0.29) is 0 Å². The average Bonchev–Trinajstić information content (AvgIpc) is 2.71. The smallest absolute Gasteiger partial charge is 0.0538 e. The number of benzene rings is 1. The molecule has 2 heteroatoms. The Morgan fingerprint density at radius 1 is 1.31 bits per heavy atom. The normalized spacial score (nSPS) is 24.9. The summed E-state index contributed by atoms with van der Waals surface area (Å²) in [7, 11) is 2.02. The molecule has 1 atom stereocenters. The fourth-order valence-electron chi connectivity index (χ4n) is 2.50. The van der Waals surface area contributed by atoms with Crippen molar-refractivity contribution in [2.75, 3.05) is 26.8 Å². The van der Waals surface area contributed by atoms with E-state index in [2.05, 4.69) is 36.5 Å². The minimum absolute atomic E-state index is 0.310. The summed E-state index contributed by atoms with van der Waals surface area (Å²) in [6, 6.07) is 8.87. The van der Waals surface area contributed by atoms with Crippen LogP contribution >= 0.6 is 0 Å². The van der Waals surface area contributed by atoms with Gasteiger partial charge < -0.3 is 10.1 Å². The highest BCUT2D eigenvalue weighted by Gasteiger charge is 2.34. The van der Waals surface area contributed by atoms with Crippen LogP contribution in [0.3, 0.4) is 0 Å². The Hall–Kier alpha value is -0.860. The molecule has 1 saturated heterocycles. The molecule has 1 N–H and O–H groups in total. The molecule has 16 heavy (non-hydrogen) atoms. The van der Waals surface area contributed by atoms with Gasteiger partial charge in [-0.1, -0.05) is 29.8 Å². The molecule has 1 aliphatic rings. The first kappa shape index (κ1) is 11.6. The summed E-state index contributed by atoms with van der Waals surface area (Å²) in [5.74, 6) is 0. The van der Waals surface area contributed by atoms with Crippen LogP contribution in [0.25, 0.3) is 0 Å². The molecule has 1 aromatic rings. The summed E-state index contributed by atoms with van der Waals surface area (Å²) in [6.45, 7) is 4.97. The van der Waals surface area contributed by atoms with Crippen molar-refractivity contribution in [3.63, 3.8) is 0 Å². The van der Waals surface area contributed by atoms with Gasteiger partial charge in [-0.05, 0) is 32.4 Å². The summed E-state index contributed by atoms with van der Waals surface area (Å²) in [6.07, 6.45) is 2.29. The van der Waals surface area contributed by atoms with Gasteiger partial charge in [-0.3, -0.25) is 0 Å². The van der Waals surface area contributed by atoms with Gasteiger partial charge in [0.15, 0.2) is 0 Å². The Kier molecular flexibility index (Phi) is 3.62. The van der Waals surface area contributed by atoms with Crippen LogP contribution in [0, 0.1) is 12.3 Å². The zero-order valence-electron chi connectivity index (χ0n) is 10.3. The molecule has 1 unspecified atom stereocenters. The Bertz CT molecular complexity index is 325. The maximum atomic E-state index is 5.57. The molecule has 1 heterocycles. The molecule has 88 valence electrons. The number of hydrogen-bond donors (Lipinski definition) is 1. The van der Waals surface area contributed by atoms with E-state index >= 15 is 0 Å². The van der Waals surface area contributed by atoms with E-state index < -0.39 is 0 Å². The molecule has 1 fully saturated rings. The lowest BCUT2D eigenvalue weighted by molar-refractivity contribution is 0.150. The molecule has 0 aliphatic carbocycles. The van der Waals surface area contributed by atoms with Gasteiger partial charge in [-0.2, -0.15) is 0 Å². The lowest BCUT2D eigenvalue weighted by Crippen LogP contribution is -2.35. The van der Waals surface area contributed by atoms with Crippen LogP contribution in [0.1, 0.15) is 17.5 Å². The van der Waals surface area contributed by atoms with E-state index in [1.165, 1.54) is 17.5 Å². The van der Waals surface area contributed by atoms with Crippen LogP contribution in [-0.4, -0.2) is 26.8 Å².